The molecule has 0 saturated heterocycles. The number of aromatic nitrogens is 5. The Bertz CT molecular complexity index is 1240. The van der Waals surface area contributed by atoms with Gasteiger partial charge in [-0.3, -0.25) is 4.98 Å². The molecule has 0 aliphatic heterocycles. The fourth-order valence-corrected chi connectivity index (χ4v) is 3.10. The predicted octanol–water partition coefficient (Wildman–Crippen LogP) is 2.56. The highest BCUT2D eigenvalue weighted by Gasteiger charge is 2.20. The average molecular weight is 389 g/mol. The zero-order valence-electron chi connectivity index (χ0n) is 15.3. The predicted molar refractivity (Wildman–Crippen MR) is 106 cm³/mol. The van der Waals surface area contributed by atoms with Crippen molar-refractivity contribution in [3.8, 4) is 11.8 Å². The van der Waals surface area contributed by atoms with Gasteiger partial charge in [0.2, 0.25) is 5.95 Å². The first-order valence-electron chi connectivity index (χ1n) is 8.66. The molecule has 0 spiro atoms. The third-order valence-corrected chi connectivity index (χ3v) is 4.41. The van der Waals surface area contributed by atoms with Crippen molar-refractivity contribution in [1.82, 2.24) is 24.7 Å². The minimum Gasteiger partial charge on any atom is -0.382 e. The summed E-state index contributed by atoms with van der Waals surface area (Å²) >= 11 is 0. The van der Waals surface area contributed by atoms with Crippen molar-refractivity contribution in [2.45, 2.75) is 13.0 Å². The van der Waals surface area contributed by atoms with Gasteiger partial charge < -0.3 is 16.8 Å². The Labute approximate surface area is 164 Å². The van der Waals surface area contributed by atoms with Crippen molar-refractivity contribution in [3.05, 3.63) is 59.8 Å². The summed E-state index contributed by atoms with van der Waals surface area (Å²) in [7, 11) is 0. The van der Waals surface area contributed by atoms with Crippen LogP contribution in [0.4, 0.5) is 22.0 Å². The SMILES string of the molecule is C[C@H](Nc1nc(N)nc(N)c1C#N)c1nn(-c2ccncc2)c2cc(F)ccc12. The van der Waals surface area contributed by atoms with Crippen molar-refractivity contribution in [3.63, 3.8) is 0 Å². The number of benzene rings is 1. The van der Waals surface area contributed by atoms with Gasteiger partial charge in [0.1, 0.15) is 23.3 Å². The number of halogens is 1. The highest BCUT2D eigenvalue weighted by atomic mass is 19.1. The second-order valence-electron chi connectivity index (χ2n) is 6.33. The van der Waals surface area contributed by atoms with Gasteiger partial charge >= 0.3 is 0 Å². The first kappa shape index (κ1) is 18.1. The molecule has 144 valence electrons. The van der Waals surface area contributed by atoms with Gasteiger partial charge in [0.05, 0.1) is 22.9 Å². The molecule has 3 aromatic heterocycles. The molecule has 4 aromatic rings. The lowest BCUT2D eigenvalue weighted by atomic mass is 10.1. The second kappa shape index (κ2) is 7.05. The highest BCUT2D eigenvalue weighted by molar-refractivity contribution is 5.84. The molecular weight excluding hydrogens is 373 g/mol. The molecule has 0 aliphatic carbocycles. The Kier molecular flexibility index (Phi) is 4.40. The molecule has 0 bridgehead atoms. The minimum atomic E-state index is -0.396. The molecule has 5 N–H and O–H groups in total. The number of nitrogens with two attached hydrogens (primary N) is 2. The minimum absolute atomic E-state index is 0.0102. The van der Waals surface area contributed by atoms with Crippen LogP contribution in [-0.2, 0) is 0 Å². The summed E-state index contributed by atoms with van der Waals surface area (Å²) in [5.41, 5.74) is 13.5. The quantitative estimate of drug-likeness (QED) is 0.483. The number of pyridine rings is 1. The molecule has 1 atom stereocenters. The molecule has 0 aliphatic rings. The van der Waals surface area contributed by atoms with Gasteiger partial charge in [-0.25, -0.2) is 9.07 Å². The Morgan fingerprint density at radius 3 is 2.66 bits per heavy atom. The van der Waals surface area contributed by atoms with Gasteiger partial charge in [-0.05, 0) is 31.2 Å². The summed E-state index contributed by atoms with van der Waals surface area (Å²) in [5, 5.41) is 17.9. The maximum atomic E-state index is 13.9. The number of fused-ring (bicyclic) bond motifs is 1. The van der Waals surface area contributed by atoms with E-state index in [2.05, 4.69) is 25.4 Å². The van der Waals surface area contributed by atoms with E-state index in [1.54, 1.807) is 35.3 Å². The fourth-order valence-electron chi connectivity index (χ4n) is 3.10. The summed E-state index contributed by atoms with van der Waals surface area (Å²) in [6, 6.07) is 9.58. The lowest BCUT2D eigenvalue weighted by molar-refractivity contribution is 0.629. The van der Waals surface area contributed by atoms with E-state index >= 15 is 0 Å². The van der Waals surface area contributed by atoms with Crippen molar-refractivity contribution < 1.29 is 4.39 Å². The molecule has 0 fully saturated rings. The van der Waals surface area contributed by atoms with Gasteiger partial charge in [-0.2, -0.15) is 20.3 Å². The summed E-state index contributed by atoms with van der Waals surface area (Å²) in [5.74, 6) is -0.226. The fraction of sp³-hybridized carbons (Fsp3) is 0.105. The Balaban J connectivity index is 1.82. The van der Waals surface area contributed by atoms with Gasteiger partial charge in [0, 0.05) is 23.8 Å². The van der Waals surface area contributed by atoms with Crippen LogP contribution in [0.15, 0.2) is 42.7 Å². The maximum Gasteiger partial charge on any atom is 0.224 e. The van der Waals surface area contributed by atoms with E-state index in [-0.39, 0.29) is 29.0 Å². The van der Waals surface area contributed by atoms with Crippen LogP contribution in [0.1, 0.15) is 24.2 Å². The standard InChI is InChI=1S/C19H16FN9/c1-10(25-18-14(9-21)17(22)26-19(23)27-18)16-13-3-2-11(20)8-15(13)29(28-16)12-4-6-24-7-5-12/h2-8,10H,1H3,(H5,22,23,25,26,27)/t10-/m0/s1. The number of anilines is 3. The normalized spacial score (nSPS) is 11.9. The number of rotatable bonds is 4. The third kappa shape index (κ3) is 3.25. The molecule has 1 aromatic carbocycles. The van der Waals surface area contributed by atoms with Gasteiger partial charge in [-0.1, -0.05) is 0 Å². The lowest BCUT2D eigenvalue weighted by Gasteiger charge is -2.15. The zero-order valence-corrected chi connectivity index (χ0v) is 15.3. The molecular formula is C19H16FN9. The molecule has 0 amide bonds. The van der Waals surface area contributed by atoms with Crippen LogP contribution in [0.2, 0.25) is 0 Å². The van der Waals surface area contributed by atoms with Crippen LogP contribution in [0.5, 0.6) is 0 Å². The number of hydrogen-bond donors (Lipinski definition) is 3. The van der Waals surface area contributed by atoms with E-state index in [0.29, 0.717) is 11.2 Å². The summed E-state index contributed by atoms with van der Waals surface area (Å²) in [6.07, 6.45) is 3.27. The van der Waals surface area contributed by atoms with Crippen molar-refractivity contribution >= 4 is 28.5 Å². The summed E-state index contributed by atoms with van der Waals surface area (Å²) < 4.78 is 15.6. The Morgan fingerprint density at radius 2 is 1.93 bits per heavy atom. The van der Waals surface area contributed by atoms with Crippen molar-refractivity contribution in [1.29, 1.82) is 5.26 Å². The number of hydrogen-bond acceptors (Lipinski definition) is 8. The first-order valence-corrected chi connectivity index (χ1v) is 8.66. The Hall–Kier alpha value is -4.26. The van der Waals surface area contributed by atoms with Crippen LogP contribution in [0.25, 0.3) is 16.6 Å². The molecule has 9 nitrogen and oxygen atoms in total. The molecule has 10 heteroatoms. The highest BCUT2D eigenvalue weighted by Crippen LogP contribution is 2.30. The monoisotopic (exact) mass is 389 g/mol. The van der Waals surface area contributed by atoms with Crippen LogP contribution in [0.3, 0.4) is 0 Å². The van der Waals surface area contributed by atoms with Crippen molar-refractivity contribution in [2.75, 3.05) is 16.8 Å². The van der Waals surface area contributed by atoms with Gasteiger partial charge in [0.15, 0.2) is 5.82 Å². The van der Waals surface area contributed by atoms with Crippen LogP contribution in [-0.4, -0.2) is 24.7 Å². The smallest absolute Gasteiger partial charge is 0.224 e. The summed E-state index contributed by atoms with van der Waals surface area (Å²) in [4.78, 5) is 11.9. The van der Waals surface area contributed by atoms with E-state index in [9.17, 15) is 9.65 Å². The first-order chi connectivity index (χ1) is 14.0. The number of nitrogens with one attached hydrogen (secondary N) is 1. The number of nitrogen functional groups attached to an aromatic ring is 2. The topological polar surface area (TPSA) is 144 Å². The van der Waals surface area contributed by atoms with Gasteiger partial charge in [0.25, 0.3) is 0 Å². The largest absolute Gasteiger partial charge is 0.382 e. The maximum absolute atomic E-state index is 13.9. The number of nitriles is 1. The molecule has 0 unspecified atom stereocenters. The summed E-state index contributed by atoms with van der Waals surface area (Å²) in [6.45, 7) is 1.84. The molecule has 29 heavy (non-hydrogen) atoms. The van der Waals surface area contributed by atoms with E-state index < -0.39 is 6.04 Å². The van der Waals surface area contributed by atoms with E-state index in [4.69, 9.17) is 11.5 Å². The lowest BCUT2D eigenvalue weighted by Crippen LogP contribution is -2.14. The molecule has 0 radical (unpaired) electrons. The van der Waals surface area contributed by atoms with Crippen molar-refractivity contribution in [2.24, 2.45) is 0 Å². The zero-order chi connectivity index (χ0) is 20.5. The second-order valence-corrected chi connectivity index (χ2v) is 6.33. The molecule has 4 rings (SSSR count). The number of nitrogens with zero attached hydrogens (tertiary/aromatic N) is 6. The third-order valence-electron chi connectivity index (χ3n) is 4.41. The van der Waals surface area contributed by atoms with Crippen LogP contribution >= 0.6 is 0 Å². The molecule has 0 saturated carbocycles. The average Bonchev–Trinajstić information content (AvgIpc) is 3.07. The van der Waals surface area contributed by atoms with Crippen LogP contribution in [0, 0.1) is 17.1 Å². The van der Waals surface area contributed by atoms with E-state index in [1.165, 1.54) is 12.1 Å². The molecule has 3 heterocycles. The van der Waals surface area contributed by atoms with Crippen LogP contribution < -0.4 is 16.8 Å². The van der Waals surface area contributed by atoms with E-state index in [0.717, 1.165) is 11.1 Å². The van der Waals surface area contributed by atoms with Gasteiger partial charge in [-0.15, -0.1) is 0 Å². The Morgan fingerprint density at radius 1 is 1.17 bits per heavy atom. The van der Waals surface area contributed by atoms with E-state index in [1.807, 2.05) is 13.0 Å².